The zero-order valence-corrected chi connectivity index (χ0v) is 26.1. The van der Waals surface area contributed by atoms with Crippen LogP contribution >= 0.6 is 0 Å². The topological polar surface area (TPSA) is 256 Å². The maximum atomic E-state index is 12.9. The number of nitrogens with two attached hydrogens (primary N) is 1. The molecular weight excluding hydrogens is 642 g/mol. The van der Waals surface area contributed by atoms with Crippen molar-refractivity contribution in [2.45, 2.75) is 38.4 Å². The molecule has 2 aromatic carbocycles. The van der Waals surface area contributed by atoms with Crippen LogP contribution in [0, 0.1) is 5.82 Å². The van der Waals surface area contributed by atoms with Crippen molar-refractivity contribution in [1.82, 2.24) is 35.9 Å². The lowest BCUT2D eigenvalue weighted by molar-refractivity contribution is -0.139. The minimum atomic E-state index is -1.34. The number of amides is 3. The normalized spacial score (nSPS) is 12.2. The maximum absolute atomic E-state index is 12.9. The van der Waals surface area contributed by atoms with Gasteiger partial charge in [-0.15, -0.1) is 0 Å². The number of aromatic amines is 1. The van der Waals surface area contributed by atoms with E-state index in [1.165, 1.54) is 48.8 Å². The van der Waals surface area contributed by atoms with Crippen LogP contribution < -0.4 is 32.6 Å². The molecule has 2 aromatic heterocycles. The summed E-state index contributed by atoms with van der Waals surface area (Å²) < 4.78 is 12.9. The molecule has 0 unspecified atom stereocenters. The van der Waals surface area contributed by atoms with Crippen molar-refractivity contribution in [2.24, 2.45) is 5.16 Å². The van der Waals surface area contributed by atoms with Gasteiger partial charge in [0.1, 0.15) is 11.9 Å². The van der Waals surface area contributed by atoms with Gasteiger partial charge in [0, 0.05) is 30.3 Å². The second-order valence-corrected chi connectivity index (χ2v) is 10.7. The number of benzene rings is 2. The fourth-order valence-corrected chi connectivity index (χ4v) is 4.22. The summed E-state index contributed by atoms with van der Waals surface area (Å²) in [5.41, 5.74) is 7.00. The molecule has 0 aliphatic rings. The number of nitrogens with one attached hydrogen (secondary N) is 5. The SMILES string of the molecule is C[C@H](CNC(=O)CO/N=C\c1ccc([18F])cc1)NC(=O)CC[C@H](NC(=O)c1ccc(NCc2cnc3nc(N)[nH]c(=O)c3n2)cc1)C(=O)O. The summed E-state index contributed by atoms with van der Waals surface area (Å²) in [5.74, 6) is -3.38. The Hall–Kier alpha value is -6.46. The molecule has 3 amide bonds. The molecule has 8 N–H and O–H groups in total. The molecular formula is C31H33FN10O7. The Balaban J connectivity index is 1.16. The average molecular weight is 676 g/mol. The second kappa shape index (κ2) is 16.9. The fourth-order valence-electron chi connectivity index (χ4n) is 4.22. The Bertz CT molecular complexity index is 1880. The van der Waals surface area contributed by atoms with Crippen LogP contribution in [0.25, 0.3) is 11.2 Å². The fraction of sp³-hybridized carbons (Fsp3) is 0.258. The third kappa shape index (κ3) is 11.1. The first-order valence-corrected chi connectivity index (χ1v) is 14.8. The highest BCUT2D eigenvalue weighted by Gasteiger charge is 2.22. The van der Waals surface area contributed by atoms with E-state index in [9.17, 15) is 33.5 Å². The van der Waals surface area contributed by atoms with E-state index in [-0.39, 0.29) is 61.0 Å². The van der Waals surface area contributed by atoms with E-state index in [1.54, 1.807) is 19.1 Å². The summed E-state index contributed by atoms with van der Waals surface area (Å²) in [7, 11) is 0. The number of carbonyl (C=O) groups excluding carboxylic acids is 3. The van der Waals surface area contributed by atoms with E-state index in [0.717, 1.165) is 0 Å². The zero-order valence-electron chi connectivity index (χ0n) is 26.1. The minimum absolute atomic E-state index is 0.0408. The van der Waals surface area contributed by atoms with Crippen molar-refractivity contribution >= 4 is 52.7 Å². The van der Waals surface area contributed by atoms with Gasteiger partial charge in [-0.25, -0.2) is 19.2 Å². The van der Waals surface area contributed by atoms with Crippen LogP contribution in [-0.4, -0.2) is 80.2 Å². The highest BCUT2D eigenvalue weighted by molar-refractivity contribution is 5.97. The van der Waals surface area contributed by atoms with E-state index in [1.807, 2.05) is 0 Å². The van der Waals surface area contributed by atoms with Crippen LogP contribution in [0.3, 0.4) is 0 Å². The Morgan fingerprint density at radius 3 is 2.51 bits per heavy atom. The van der Waals surface area contributed by atoms with Gasteiger partial charge in [0.15, 0.2) is 17.8 Å². The first-order chi connectivity index (χ1) is 23.5. The number of oxime groups is 1. The van der Waals surface area contributed by atoms with Crippen LogP contribution in [-0.2, 0) is 25.8 Å². The van der Waals surface area contributed by atoms with Crippen LogP contribution in [0.15, 0.2) is 64.7 Å². The molecule has 0 fully saturated rings. The number of nitrogen functional groups attached to an aromatic ring is 1. The monoisotopic (exact) mass is 675 g/mol. The molecule has 49 heavy (non-hydrogen) atoms. The van der Waals surface area contributed by atoms with E-state index in [2.05, 4.69) is 46.4 Å². The van der Waals surface area contributed by atoms with Gasteiger partial charge in [-0.2, -0.15) is 4.98 Å². The molecule has 0 radical (unpaired) electrons. The van der Waals surface area contributed by atoms with E-state index < -0.39 is 41.3 Å². The van der Waals surface area contributed by atoms with Crippen LogP contribution in [0.2, 0.25) is 0 Å². The number of halogens is 1. The number of nitrogens with zero attached hydrogens (tertiary/aromatic N) is 4. The highest BCUT2D eigenvalue weighted by atomic mass is 18.2. The molecule has 256 valence electrons. The molecule has 0 aliphatic carbocycles. The molecule has 0 spiro atoms. The smallest absolute Gasteiger partial charge is 0.326 e. The van der Waals surface area contributed by atoms with E-state index >= 15 is 0 Å². The van der Waals surface area contributed by atoms with Gasteiger partial charge < -0.3 is 36.9 Å². The van der Waals surface area contributed by atoms with Gasteiger partial charge >= 0.3 is 5.97 Å². The van der Waals surface area contributed by atoms with Crippen LogP contribution in [0.5, 0.6) is 0 Å². The molecule has 0 saturated carbocycles. The lowest BCUT2D eigenvalue weighted by Gasteiger charge is -2.17. The number of rotatable bonds is 16. The highest BCUT2D eigenvalue weighted by Crippen LogP contribution is 2.12. The van der Waals surface area contributed by atoms with Crippen molar-refractivity contribution in [3.63, 3.8) is 0 Å². The largest absolute Gasteiger partial charge is 0.480 e. The summed E-state index contributed by atoms with van der Waals surface area (Å²) in [6, 6.07) is 9.88. The van der Waals surface area contributed by atoms with Gasteiger partial charge in [0.2, 0.25) is 11.9 Å². The van der Waals surface area contributed by atoms with Crippen molar-refractivity contribution in [1.29, 1.82) is 0 Å². The number of hydrogen-bond donors (Lipinski definition) is 7. The van der Waals surface area contributed by atoms with Crippen molar-refractivity contribution in [3.8, 4) is 0 Å². The summed E-state index contributed by atoms with van der Waals surface area (Å²) in [6.45, 7) is 1.54. The molecule has 0 saturated heterocycles. The maximum Gasteiger partial charge on any atom is 0.326 e. The number of anilines is 2. The van der Waals surface area contributed by atoms with Gasteiger partial charge in [-0.05, 0) is 55.3 Å². The molecule has 17 nitrogen and oxygen atoms in total. The standard InChI is InChI=1S/C31H33FN10O7/c1-17(12-35-25(44)16-49-37-13-18-2-6-20(32)7-3-18)38-24(43)11-10-23(30(47)48)40-28(45)19-4-8-21(9-5-19)34-14-22-15-36-27-26(39-22)29(46)42-31(33)41-27/h2-9,13,15,17,23,34H,10-12,14,16H2,1H3,(H,35,44)(H,38,43)(H,40,45)(H,47,48)(H3,33,36,41,42,46)/b37-13-/t17-,23+/m1/s1/i32-1. The number of aromatic nitrogens is 4. The van der Waals surface area contributed by atoms with Crippen molar-refractivity contribution in [2.75, 3.05) is 24.2 Å². The van der Waals surface area contributed by atoms with Crippen molar-refractivity contribution < 1.29 is 33.5 Å². The predicted octanol–water partition coefficient (Wildman–Crippen LogP) is 0.681. The third-order valence-electron chi connectivity index (χ3n) is 6.73. The Labute approximate surface area is 277 Å². The Morgan fingerprint density at radius 1 is 1.06 bits per heavy atom. The summed E-state index contributed by atoms with van der Waals surface area (Å²) in [5, 5.41) is 24.0. The quantitative estimate of drug-likeness (QED) is 0.0639. The van der Waals surface area contributed by atoms with Crippen LogP contribution in [0.1, 0.15) is 41.4 Å². The number of carbonyl (C=O) groups is 4. The summed E-state index contributed by atoms with van der Waals surface area (Å²) >= 11 is 0. The van der Waals surface area contributed by atoms with E-state index in [4.69, 9.17) is 10.6 Å². The van der Waals surface area contributed by atoms with Crippen LogP contribution in [0.4, 0.5) is 16.0 Å². The summed E-state index contributed by atoms with van der Waals surface area (Å²) in [6.07, 6.45) is 2.39. The first kappa shape index (κ1) is 35.4. The first-order valence-electron chi connectivity index (χ1n) is 14.8. The molecule has 0 aliphatic heterocycles. The molecule has 2 heterocycles. The van der Waals surface area contributed by atoms with Gasteiger partial charge in [-0.3, -0.25) is 24.2 Å². The second-order valence-electron chi connectivity index (χ2n) is 10.7. The molecule has 0 bridgehead atoms. The third-order valence-corrected chi connectivity index (χ3v) is 6.73. The van der Waals surface area contributed by atoms with Crippen molar-refractivity contribution in [3.05, 3.63) is 87.7 Å². The predicted molar refractivity (Wildman–Crippen MR) is 175 cm³/mol. The number of carboxylic acid groups (broad SMARTS) is 1. The van der Waals surface area contributed by atoms with E-state index in [0.29, 0.717) is 16.9 Å². The Morgan fingerprint density at radius 2 is 1.80 bits per heavy atom. The van der Waals surface area contributed by atoms with Gasteiger partial charge in [0.25, 0.3) is 17.4 Å². The Kier molecular flexibility index (Phi) is 12.2. The van der Waals surface area contributed by atoms with Gasteiger partial charge in [0.05, 0.1) is 24.7 Å². The number of aliphatic carboxylic acids is 1. The minimum Gasteiger partial charge on any atom is -0.480 e. The lowest BCUT2D eigenvalue weighted by Crippen LogP contribution is -2.44. The molecule has 2 atom stereocenters. The zero-order chi connectivity index (χ0) is 35.3. The average Bonchev–Trinajstić information content (AvgIpc) is 3.07. The summed E-state index contributed by atoms with van der Waals surface area (Å²) in [4.78, 5) is 80.5. The molecule has 4 rings (SSSR count). The molecule has 18 heteroatoms. The molecule has 4 aromatic rings. The number of fused-ring (bicyclic) bond motifs is 1. The number of hydrogen-bond acceptors (Lipinski definition) is 12. The number of carboxylic acids is 1. The number of H-pyrrole nitrogens is 1. The lowest BCUT2D eigenvalue weighted by atomic mass is 10.1. The van der Waals surface area contributed by atoms with Gasteiger partial charge in [-0.1, -0.05) is 17.3 Å².